The summed E-state index contributed by atoms with van der Waals surface area (Å²) in [5.74, 6) is 0.527. The summed E-state index contributed by atoms with van der Waals surface area (Å²) in [6, 6.07) is 4.91. The molecule has 1 aliphatic heterocycles. The highest BCUT2D eigenvalue weighted by Gasteiger charge is 2.25. The molecule has 1 aromatic rings. The molecule has 1 heterocycles. The van der Waals surface area contributed by atoms with Crippen LogP contribution in [0.15, 0.2) is 34.4 Å². The van der Waals surface area contributed by atoms with Gasteiger partial charge in [0.1, 0.15) is 0 Å². The quantitative estimate of drug-likeness (QED) is 0.888. The zero-order chi connectivity index (χ0) is 17.2. The molecule has 1 N–H and O–H groups in total. The third-order valence-corrected chi connectivity index (χ3v) is 4.54. The first kappa shape index (κ1) is 16.8. The Kier molecular flexibility index (Phi) is 4.60. The molecule has 23 heavy (non-hydrogen) atoms. The predicted molar refractivity (Wildman–Crippen MR) is 86.1 cm³/mol. The minimum atomic E-state index is -3.74. The highest BCUT2D eigenvalue weighted by molar-refractivity contribution is 7.88. The van der Waals surface area contributed by atoms with Gasteiger partial charge in [0, 0.05) is 25.0 Å². The zero-order valence-electron chi connectivity index (χ0n) is 13.2. The number of anilines is 1. The first-order valence-electron chi connectivity index (χ1n) is 6.58. The Morgan fingerprint density at radius 3 is 2.48 bits per heavy atom. The second-order valence-corrected chi connectivity index (χ2v) is 6.39. The summed E-state index contributed by atoms with van der Waals surface area (Å²) in [6.45, 7) is 1.46. The highest BCUT2D eigenvalue weighted by Crippen LogP contribution is 2.30. The summed E-state index contributed by atoms with van der Waals surface area (Å²) >= 11 is 0. The molecule has 0 unspecified atom stereocenters. The first-order chi connectivity index (χ1) is 10.8. The fourth-order valence-corrected chi connectivity index (χ4v) is 2.78. The van der Waals surface area contributed by atoms with Crippen molar-refractivity contribution in [3.63, 3.8) is 0 Å². The number of methoxy groups -OCH3 is 2. The standard InChI is InChI=1S/C14H17N3O5S/c1-9-11(8-17(2)23(19,20)16-9)14(18)15-10-5-6-12(21-3)13(7-10)22-4/h5-8H,1-4H3,(H,15,18). The smallest absolute Gasteiger partial charge is 0.344 e. The number of carbonyl (C=O) groups excluding carboxylic acids is 1. The molecule has 0 fully saturated rings. The van der Waals surface area contributed by atoms with E-state index in [1.165, 1.54) is 34.4 Å². The van der Waals surface area contributed by atoms with Crippen LogP contribution in [0, 0.1) is 0 Å². The summed E-state index contributed by atoms with van der Waals surface area (Å²) < 4.78 is 37.9. The Hall–Kier alpha value is -2.55. The molecule has 9 heteroatoms. The average Bonchev–Trinajstić information content (AvgIpc) is 2.50. The lowest BCUT2D eigenvalue weighted by atomic mass is 10.1. The summed E-state index contributed by atoms with van der Waals surface area (Å²) in [7, 11) is 0.576. The van der Waals surface area contributed by atoms with E-state index in [9.17, 15) is 13.2 Å². The monoisotopic (exact) mass is 339 g/mol. The topological polar surface area (TPSA) is 97.3 Å². The van der Waals surface area contributed by atoms with E-state index in [-0.39, 0.29) is 11.3 Å². The van der Waals surface area contributed by atoms with Gasteiger partial charge in [0.05, 0.1) is 25.5 Å². The van der Waals surface area contributed by atoms with Crippen molar-refractivity contribution in [2.24, 2.45) is 4.40 Å². The lowest BCUT2D eigenvalue weighted by Gasteiger charge is -2.19. The van der Waals surface area contributed by atoms with E-state index in [1.807, 2.05) is 0 Å². The Bertz CT molecular complexity index is 799. The summed E-state index contributed by atoms with van der Waals surface area (Å²) in [5.41, 5.74) is 0.774. The van der Waals surface area contributed by atoms with E-state index in [0.717, 1.165) is 4.31 Å². The number of rotatable bonds is 4. The average molecular weight is 339 g/mol. The van der Waals surface area contributed by atoms with Crippen molar-refractivity contribution >= 4 is 27.5 Å². The van der Waals surface area contributed by atoms with Crippen LogP contribution in [0.5, 0.6) is 11.5 Å². The van der Waals surface area contributed by atoms with Gasteiger partial charge in [-0.05, 0) is 19.1 Å². The Labute approximate surface area is 134 Å². The largest absolute Gasteiger partial charge is 0.493 e. The molecule has 2 rings (SSSR count). The summed E-state index contributed by atoms with van der Waals surface area (Å²) in [4.78, 5) is 12.3. The van der Waals surface area contributed by atoms with Crippen LogP contribution in [0.4, 0.5) is 5.69 Å². The van der Waals surface area contributed by atoms with Crippen molar-refractivity contribution in [3.8, 4) is 11.5 Å². The molecule has 1 amide bonds. The number of carbonyl (C=O) groups is 1. The zero-order valence-corrected chi connectivity index (χ0v) is 14.0. The van der Waals surface area contributed by atoms with Crippen LogP contribution in [0.3, 0.4) is 0 Å². The molecule has 1 aromatic carbocycles. The first-order valence-corrected chi connectivity index (χ1v) is 7.98. The van der Waals surface area contributed by atoms with Gasteiger partial charge in [-0.2, -0.15) is 8.42 Å². The number of amides is 1. The number of hydrogen-bond acceptors (Lipinski definition) is 5. The van der Waals surface area contributed by atoms with Gasteiger partial charge in [-0.3, -0.25) is 9.10 Å². The molecular weight excluding hydrogens is 322 g/mol. The molecular formula is C14H17N3O5S. The van der Waals surface area contributed by atoms with Crippen LogP contribution < -0.4 is 14.8 Å². The van der Waals surface area contributed by atoms with Gasteiger partial charge in [-0.15, -0.1) is 4.40 Å². The van der Waals surface area contributed by atoms with E-state index in [1.54, 1.807) is 18.2 Å². The fourth-order valence-electron chi connectivity index (χ4n) is 1.96. The molecule has 124 valence electrons. The van der Waals surface area contributed by atoms with Gasteiger partial charge in [0.15, 0.2) is 11.5 Å². The molecule has 8 nitrogen and oxygen atoms in total. The van der Waals surface area contributed by atoms with Crippen molar-refractivity contribution in [1.82, 2.24) is 4.31 Å². The lowest BCUT2D eigenvalue weighted by Crippen LogP contribution is -2.30. The lowest BCUT2D eigenvalue weighted by molar-refractivity contribution is -0.112. The second-order valence-electron chi connectivity index (χ2n) is 4.74. The van der Waals surface area contributed by atoms with E-state index in [0.29, 0.717) is 17.2 Å². The van der Waals surface area contributed by atoms with Crippen molar-refractivity contribution in [1.29, 1.82) is 0 Å². The van der Waals surface area contributed by atoms with E-state index < -0.39 is 16.1 Å². The highest BCUT2D eigenvalue weighted by atomic mass is 32.2. The Morgan fingerprint density at radius 1 is 1.22 bits per heavy atom. The molecule has 0 spiro atoms. The van der Waals surface area contributed by atoms with Gasteiger partial charge in [0.2, 0.25) is 0 Å². The van der Waals surface area contributed by atoms with Crippen LogP contribution in [0.1, 0.15) is 6.92 Å². The second kappa shape index (κ2) is 6.29. The number of hydrogen-bond donors (Lipinski definition) is 1. The van der Waals surface area contributed by atoms with Gasteiger partial charge in [-0.25, -0.2) is 0 Å². The van der Waals surface area contributed by atoms with Crippen molar-refractivity contribution < 1.29 is 22.7 Å². The minimum Gasteiger partial charge on any atom is -0.493 e. The van der Waals surface area contributed by atoms with Crippen molar-refractivity contribution in [2.75, 3.05) is 26.6 Å². The number of nitrogens with zero attached hydrogens (tertiary/aromatic N) is 2. The van der Waals surface area contributed by atoms with E-state index in [4.69, 9.17) is 9.47 Å². The van der Waals surface area contributed by atoms with Gasteiger partial charge < -0.3 is 14.8 Å². The van der Waals surface area contributed by atoms with Crippen LogP contribution in [0.2, 0.25) is 0 Å². The third kappa shape index (κ3) is 3.45. The molecule has 0 aromatic heterocycles. The normalized spacial score (nSPS) is 16.3. The SMILES string of the molecule is COc1ccc(NC(=O)C2=CN(C)S(=O)(=O)N=C2C)cc1OC. The van der Waals surface area contributed by atoms with E-state index >= 15 is 0 Å². The molecule has 0 radical (unpaired) electrons. The van der Waals surface area contributed by atoms with Crippen molar-refractivity contribution in [3.05, 3.63) is 30.0 Å². The van der Waals surface area contributed by atoms with Gasteiger partial charge in [-0.1, -0.05) is 0 Å². The molecule has 0 bridgehead atoms. The van der Waals surface area contributed by atoms with Gasteiger partial charge in [0.25, 0.3) is 5.91 Å². The summed E-state index contributed by atoms with van der Waals surface area (Å²) in [5, 5.41) is 2.67. The number of benzene rings is 1. The maximum atomic E-state index is 12.3. The van der Waals surface area contributed by atoms with Gasteiger partial charge >= 0.3 is 10.2 Å². The number of nitrogens with one attached hydrogen (secondary N) is 1. The fraction of sp³-hybridized carbons (Fsp3) is 0.286. The Morgan fingerprint density at radius 2 is 1.87 bits per heavy atom. The maximum Gasteiger partial charge on any atom is 0.344 e. The molecule has 1 aliphatic rings. The van der Waals surface area contributed by atoms with Crippen molar-refractivity contribution in [2.45, 2.75) is 6.92 Å². The molecule has 0 atom stereocenters. The van der Waals surface area contributed by atoms with Crippen LogP contribution in [-0.4, -0.2) is 45.6 Å². The van der Waals surface area contributed by atoms with Crippen LogP contribution in [0.25, 0.3) is 0 Å². The summed E-state index contributed by atoms with van der Waals surface area (Å²) in [6.07, 6.45) is 1.23. The third-order valence-electron chi connectivity index (χ3n) is 3.20. The molecule has 0 aliphatic carbocycles. The Balaban J connectivity index is 2.25. The molecule has 0 saturated carbocycles. The maximum absolute atomic E-state index is 12.3. The van der Waals surface area contributed by atoms with Crippen LogP contribution >= 0.6 is 0 Å². The predicted octanol–water partition coefficient (Wildman–Crippen LogP) is 1.18. The molecule has 0 saturated heterocycles. The van der Waals surface area contributed by atoms with Crippen LogP contribution in [-0.2, 0) is 15.0 Å². The van der Waals surface area contributed by atoms with E-state index in [2.05, 4.69) is 9.71 Å². The number of ether oxygens (including phenoxy) is 2. The minimum absolute atomic E-state index is 0.126.